The minimum atomic E-state index is -0.248. The summed E-state index contributed by atoms with van der Waals surface area (Å²) in [6, 6.07) is 5.69. The largest absolute Gasteiger partial charge is 0.296 e. The number of benzene rings is 1. The molecule has 0 saturated carbocycles. The van der Waals surface area contributed by atoms with Gasteiger partial charge in [0.1, 0.15) is 5.52 Å². The molecule has 0 radical (unpaired) electrons. The monoisotopic (exact) mass is 343 g/mol. The molecule has 6 nitrogen and oxygen atoms in total. The van der Waals surface area contributed by atoms with Crippen LogP contribution in [0.2, 0.25) is 0 Å². The van der Waals surface area contributed by atoms with E-state index < -0.39 is 0 Å². The van der Waals surface area contributed by atoms with Crippen molar-refractivity contribution in [3.8, 4) is 0 Å². The third kappa shape index (κ3) is 2.49. The van der Waals surface area contributed by atoms with Crippen molar-refractivity contribution in [2.24, 2.45) is 0 Å². The zero-order valence-electron chi connectivity index (χ0n) is 12.5. The number of hydrogen-bond donors (Lipinski definition) is 1. The molecule has 3 aromatic heterocycles. The van der Waals surface area contributed by atoms with E-state index in [-0.39, 0.29) is 5.91 Å². The van der Waals surface area contributed by atoms with E-state index in [0.29, 0.717) is 10.8 Å². The molecule has 116 valence electrons. The number of aromatic nitrogens is 4. The second kappa shape index (κ2) is 5.39. The first-order valence-electron chi connectivity index (χ1n) is 7.15. The van der Waals surface area contributed by atoms with Crippen molar-refractivity contribution < 1.29 is 4.79 Å². The van der Waals surface area contributed by atoms with Gasteiger partial charge in [-0.3, -0.25) is 14.8 Å². The zero-order valence-corrected chi connectivity index (χ0v) is 14.2. The van der Waals surface area contributed by atoms with Crippen LogP contribution in [-0.4, -0.2) is 25.7 Å². The van der Waals surface area contributed by atoms with Crippen molar-refractivity contribution in [3.05, 3.63) is 35.1 Å². The molecule has 23 heavy (non-hydrogen) atoms. The summed E-state index contributed by atoms with van der Waals surface area (Å²) in [7, 11) is 0. The van der Waals surface area contributed by atoms with E-state index in [2.05, 4.69) is 20.4 Å². The van der Waals surface area contributed by atoms with E-state index in [0.717, 1.165) is 32.0 Å². The van der Waals surface area contributed by atoms with Crippen LogP contribution < -0.4 is 5.32 Å². The first kappa shape index (κ1) is 14.3. The molecule has 0 spiro atoms. The summed E-state index contributed by atoms with van der Waals surface area (Å²) in [5.74, 6) is -0.248. The maximum Gasteiger partial charge on any atom is 0.277 e. The number of carbonyl (C=O) groups is 1. The van der Waals surface area contributed by atoms with E-state index in [9.17, 15) is 4.79 Å². The highest BCUT2D eigenvalue weighted by Crippen LogP contribution is 2.34. The molecule has 0 aliphatic carbocycles. The van der Waals surface area contributed by atoms with Gasteiger partial charge in [-0.25, -0.2) is 9.97 Å². The van der Waals surface area contributed by atoms with Crippen molar-refractivity contribution in [2.75, 3.05) is 5.32 Å². The molecule has 4 rings (SSSR count). The van der Waals surface area contributed by atoms with Crippen molar-refractivity contribution in [1.29, 1.82) is 0 Å². The van der Waals surface area contributed by atoms with Gasteiger partial charge in [0.15, 0.2) is 10.8 Å². The Morgan fingerprint density at radius 1 is 1.26 bits per heavy atom. The molecule has 0 atom stereocenters. The number of thiazole rings is 2. The molecule has 1 aromatic carbocycles. The second-order valence-corrected chi connectivity index (χ2v) is 7.26. The van der Waals surface area contributed by atoms with Crippen LogP contribution in [0.1, 0.15) is 22.4 Å². The number of aryl methyl sites for hydroxylation is 2. The smallest absolute Gasteiger partial charge is 0.277 e. The summed E-state index contributed by atoms with van der Waals surface area (Å²) >= 11 is 3.10. The van der Waals surface area contributed by atoms with Crippen LogP contribution >= 0.6 is 22.7 Å². The lowest BCUT2D eigenvalue weighted by molar-refractivity contribution is 0.102. The topological polar surface area (TPSA) is 72.7 Å². The van der Waals surface area contributed by atoms with Crippen LogP contribution in [-0.2, 0) is 6.54 Å². The van der Waals surface area contributed by atoms with E-state index in [1.54, 1.807) is 28.3 Å². The lowest BCUT2D eigenvalue weighted by atomic mass is 10.3. The molecular weight excluding hydrogens is 330 g/mol. The molecule has 8 heteroatoms. The van der Waals surface area contributed by atoms with Gasteiger partial charge in [0.2, 0.25) is 0 Å². The average Bonchev–Trinajstić information content (AvgIpc) is 3.22. The first-order chi connectivity index (χ1) is 11.1. The van der Waals surface area contributed by atoms with Gasteiger partial charge in [0.25, 0.3) is 5.91 Å². The number of carbonyl (C=O) groups excluding carboxylic acids is 1. The SMILES string of the molecule is CCn1ccc(C(=O)Nc2nc3ccc4sc(C)nc4c3s2)n1. The van der Waals surface area contributed by atoms with E-state index in [4.69, 9.17) is 0 Å². The van der Waals surface area contributed by atoms with Gasteiger partial charge >= 0.3 is 0 Å². The lowest BCUT2D eigenvalue weighted by Gasteiger charge is -1.97. The fourth-order valence-corrected chi connectivity index (χ4v) is 4.21. The lowest BCUT2D eigenvalue weighted by Crippen LogP contribution is -2.13. The van der Waals surface area contributed by atoms with Crippen LogP contribution in [0.4, 0.5) is 5.13 Å². The third-order valence-electron chi connectivity index (χ3n) is 3.44. The highest BCUT2D eigenvalue weighted by Gasteiger charge is 2.15. The van der Waals surface area contributed by atoms with E-state index in [1.807, 2.05) is 26.0 Å². The Morgan fingerprint density at radius 2 is 2.13 bits per heavy atom. The quantitative estimate of drug-likeness (QED) is 0.616. The summed E-state index contributed by atoms with van der Waals surface area (Å²) in [5.41, 5.74) is 2.20. The van der Waals surface area contributed by atoms with Gasteiger partial charge in [-0.1, -0.05) is 11.3 Å². The van der Waals surface area contributed by atoms with Gasteiger partial charge in [-0.15, -0.1) is 11.3 Å². The van der Waals surface area contributed by atoms with Gasteiger partial charge < -0.3 is 0 Å². The molecule has 0 fully saturated rings. The van der Waals surface area contributed by atoms with Gasteiger partial charge in [0, 0.05) is 12.7 Å². The molecule has 4 aromatic rings. The molecule has 0 aliphatic heterocycles. The molecule has 0 bridgehead atoms. The maximum atomic E-state index is 12.3. The van der Waals surface area contributed by atoms with Gasteiger partial charge in [0.05, 0.1) is 19.9 Å². The number of anilines is 1. The number of nitrogens with zero attached hydrogens (tertiary/aromatic N) is 4. The van der Waals surface area contributed by atoms with Crippen LogP contribution in [0.25, 0.3) is 20.4 Å². The Bertz CT molecular complexity index is 1030. The highest BCUT2D eigenvalue weighted by molar-refractivity contribution is 7.24. The summed E-state index contributed by atoms with van der Waals surface area (Å²) in [6.45, 7) is 4.70. The summed E-state index contributed by atoms with van der Waals surface area (Å²) in [6.07, 6.45) is 1.79. The fraction of sp³-hybridized carbons (Fsp3) is 0.200. The number of rotatable bonds is 3. The minimum Gasteiger partial charge on any atom is -0.296 e. The normalized spacial score (nSPS) is 11.4. The Balaban J connectivity index is 1.68. The molecule has 3 heterocycles. The van der Waals surface area contributed by atoms with Crippen molar-refractivity contribution >= 4 is 54.1 Å². The number of fused-ring (bicyclic) bond motifs is 3. The van der Waals surface area contributed by atoms with Crippen molar-refractivity contribution in [3.63, 3.8) is 0 Å². The van der Waals surface area contributed by atoms with Gasteiger partial charge in [-0.05, 0) is 32.0 Å². The van der Waals surface area contributed by atoms with Crippen LogP contribution in [0, 0.1) is 6.92 Å². The third-order valence-corrected chi connectivity index (χ3v) is 5.37. The molecule has 1 N–H and O–H groups in total. The van der Waals surface area contributed by atoms with E-state index >= 15 is 0 Å². The molecular formula is C15H13N5OS2. The second-order valence-electron chi connectivity index (χ2n) is 5.02. The minimum absolute atomic E-state index is 0.248. The Hall–Kier alpha value is -2.32. The van der Waals surface area contributed by atoms with Gasteiger partial charge in [-0.2, -0.15) is 5.10 Å². The van der Waals surface area contributed by atoms with Crippen molar-refractivity contribution in [2.45, 2.75) is 20.4 Å². The molecule has 0 saturated heterocycles. The highest BCUT2D eigenvalue weighted by atomic mass is 32.1. The van der Waals surface area contributed by atoms with Crippen molar-refractivity contribution in [1.82, 2.24) is 19.7 Å². The van der Waals surface area contributed by atoms with E-state index in [1.165, 1.54) is 11.3 Å². The Kier molecular flexibility index (Phi) is 3.35. The maximum absolute atomic E-state index is 12.3. The summed E-state index contributed by atoms with van der Waals surface area (Å²) < 4.78 is 3.86. The first-order valence-corrected chi connectivity index (χ1v) is 8.79. The van der Waals surface area contributed by atoms with Crippen LogP contribution in [0.5, 0.6) is 0 Å². The Labute approximate surface area is 139 Å². The predicted octanol–water partition coefficient (Wildman–Crippen LogP) is 3.68. The Morgan fingerprint density at radius 3 is 2.91 bits per heavy atom. The van der Waals surface area contributed by atoms with Crippen LogP contribution in [0.15, 0.2) is 24.4 Å². The number of amides is 1. The summed E-state index contributed by atoms with van der Waals surface area (Å²) in [4.78, 5) is 21.3. The molecule has 0 unspecified atom stereocenters. The standard InChI is InChI=1S/C15H13N5OS2/c1-3-20-7-6-10(19-20)14(21)18-15-17-9-4-5-11-12(13(9)23-15)16-8(2)22-11/h4-7H,3H2,1-2H3,(H,17,18,21). The summed E-state index contributed by atoms with van der Waals surface area (Å²) in [5, 5.41) is 8.62. The molecule has 0 aliphatic rings. The number of hydrogen-bond acceptors (Lipinski definition) is 6. The number of nitrogens with one attached hydrogen (secondary N) is 1. The molecule has 1 amide bonds. The zero-order chi connectivity index (χ0) is 16.0. The average molecular weight is 343 g/mol. The predicted molar refractivity (Wildman–Crippen MR) is 93.4 cm³/mol. The fourth-order valence-electron chi connectivity index (χ4n) is 2.36. The van der Waals surface area contributed by atoms with Crippen LogP contribution in [0.3, 0.4) is 0 Å².